The van der Waals surface area contributed by atoms with Crippen LogP contribution in [0.4, 0.5) is 5.82 Å². The molecule has 6 heteroatoms. The average Bonchev–Trinajstić information content (AvgIpc) is 2.77. The maximum atomic E-state index is 5.43. The number of nitrogens with one attached hydrogen (secondary N) is 1. The molecular weight excluding hydrogens is 204 g/mol. The SMILES string of the molecule is NCCCCCNc1nccn2cnnc12. The van der Waals surface area contributed by atoms with Crippen molar-refractivity contribution in [1.82, 2.24) is 19.6 Å². The average molecular weight is 220 g/mol. The molecule has 0 saturated carbocycles. The predicted octanol–water partition coefficient (Wildman–Crippen LogP) is 0.665. The molecule has 0 unspecified atom stereocenters. The first-order valence-electron chi connectivity index (χ1n) is 5.50. The second-order valence-electron chi connectivity index (χ2n) is 3.61. The van der Waals surface area contributed by atoms with E-state index < -0.39 is 0 Å². The molecule has 0 fully saturated rings. The van der Waals surface area contributed by atoms with E-state index in [0.717, 1.165) is 43.8 Å². The summed E-state index contributed by atoms with van der Waals surface area (Å²) in [6, 6.07) is 0. The van der Waals surface area contributed by atoms with Gasteiger partial charge in [0.15, 0.2) is 5.82 Å². The molecule has 6 nitrogen and oxygen atoms in total. The second-order valence-corrected chi connectivity index (χ2v) is 3.61. The molecule has 0 spiro atoms. The minimum atomic E-state index is 0.762. The van der Waals surface area contributed by atoms with Gasteiger partial charge in [-0.05, 0) is 19.4 Å². The van der Waals surface area contributed by atoms with E-state index in [1.165, 1.54) is 0 Å². The molecule has 0 aliphatic heterocycles. The van der Waals surface area contributed by atoms with Gasteiger partial charge in [-0.3, -0.25) is 4.40 Å². The Labute approximate surface area is 93.9 Å². The number of nitrogens with two attached hydrogens (primary N) is 1. The van der Waals surface area contributed by atoms with E-state index in [1.807, 2.05) is 10.6 Å². The molecule has 86 valence electrons. The summed E-state index contributed by atoms with van der Waals surface area (Å²) in [7, 11) is 0. The van der Waals surface area contributed by atoms with Crippen molar-refractivity contribution in [2.24, 2.45) is 5.73 Å². The van der Waals surface area contributed by atoms with Gasteiger partial charge in [-0.2, -0.15) is 0 Å². The zero-order valence-electron chi connectivity index (χ0n) is 9.13. The lowest BCUT2D eigenvalue weighted by atomic mass is 10.2. The maximum Gasteiger partial charge on any atom is 0.203 e. The summed E-state index contributed by atoms with van der Waals surface area (Å²) in [4.78, 5) is 4.24. The van der Waals surface area contributed by atoms with Crippen LogP contribution in [0.5, 0.6) is 0 Å². The molecular formula is C10H16N6. The Hall–Kier alpha value is -1.69. The van der Waals surface area contributed by atoms with E-state index in [2.05, 4.69) is 20.5 Å². The van der Waals surface area contributed by atoms with Crippen LogP contribution in [0.2, 0.25) is 0 Å². The third-order valence-corrected chi connectivity index (χ3v) is 2.39. The van der Waals surface area contributed by atoms with Crippen LogP contribution in [-0.4, -0.2) is 32.7 Å². The molecule has 0 aromatic carbocycles. The number of unbranched alkanes of at least 4 members (excludes halogenated alkanes) is 2. The van der Waals surface area contributed by atoms with Crippen molar-refractivity contribution in [2.45, 2.75) is 19.3 Å². The van der Waals surface area contributed by atoms with Crippen molar-refractivity contribution in [1.29, 1.82) is 0 Å². The summed E-state index contributed by atoms with van der Waals surface area (Å²) >= 11 is 0. The van der Waals surface area contributed by atoms with Crippen LogP contribution in [-0.2, 0) is 0 Å². The number of hydrogen-bond acceptors (Lipinski definition) is 5. The smallest absolute Gasteiger partial charge is 0.203 e. The van der Waals surface area contributed by atoms with Gasteiger partial charge >= 0.3 is 0 Å². The Morgan fingerprint density at radius 2 is 2.25 bits per heavy atom. The molecule has 3 N–H and O–H groups in total. The molecule has 0 amide bonds. The van der Waals surface area contributed by atoms with Gasteiger partial charge in [-0.1, -0.05) is 6.42 Å². The standard InChI is InChI=1S/C10H16N6/c11-4-2-1-3-5-12-9-10-15-14-8-16(10)7-6-13-9/h6-8H,1-5,11H2,(H,12,13). The van der Waals surface area contributed by atoms with Gasteiger partial charge in [-0.15, -0.1) is 10.2 Å². The summed E-state index contributed by atoms with van der Waals surface area (Å²) in [5.41, 5.74) is 6.19. The quantitative estimate of drug-likeness (QED) is 0.699. The molecule has 2 aromatic rings. The molecule has 0 bridgehead atoms. The highest BCUT2D eigenvalue weighted by Gasteiger charge is 2.02. The number of nitrogens with zero attached hydrogens (tertiary/aromatic N) is 4. The van der Waals surface area contributed by atoms with Crippen molar-refractivity contribution in [3.63, 3.8) is 0 Å². The number of hydrogen-bond donors (Lipinski definition) is 2. The number of aromatic nitrogens is 4. The predicted molar refractivity (Wildman–Crippen MR) is 62.2 cm³/mol. The highest BCUT2D eigenvalue weighted by molar-refractivity contribution is 5.61. The number of rotatable bonds is 6. The van der Waals surface area contributed by atoms with E-state index >= 15 is 0 Å². The third kappa shape index (κ3) is 2.46. The highest BCUT2D eigenvalue weighted by Crippen LogP contribution is 2.09. The Morgan fingerprint density at radius 1 is 1.31 bits per heavy atom. The normalized spacial score (nSPS) is 10.8. The van der Waals surface area contributed by atoms with Crippen molar-refractivity contribution >= 4 is 11.5 Å². The third-order valence-electron chi connectivity index (χ3n) is 2.39. The summed E-state index contributed by atoms with van der Waals surface area (Å²) in [6.07, 6.45) is 8.53. The zero-order valence-corrected chi connectivity index (χ0v) is 9.13. The Morgan fingerprint density at radius 3 is 3.12 bits per heavy atom. The molecule has 2 rings (SSSR count). The highest BCUT2D eigenvalue weighted by atomic mass is 15.2. The van der Waals surface area contributed by atoms with Crippen LogP contribution >= 0.6 is 0 Å². The van der Waals surface area contributed by atoms with Crippen LogP contribution in [0.15, 0.2) is 18.7 Å². The molecule has 0 aliphatic rings. The van der Waals surface area contributed by atoms with E-state index in [-0.39, 0.29) is 0 Å². The minimum Gasteiger partial charge on any atom is -0.367 e. The Kier molecular flexibility index (Phi) is 3.66. The maximum absolute atomic E-state index is 5.43. The lowest BCUT2D eigenvalue weighted by molar-refractivity contribution is 0.706. The molecule has 2 heterocycles. The summed E-state index contributed by atoms with van der Waals surface area (Å²) in [5.74, 6) is 0.785. The minimum absolute atomic E-state index is 0.762. The Bertz CT molecular complexity index is 438. The molecule has 16 heavy (non-hydrogen) atoms. The van der Waals surface area contributed by atoms with Crippen molar-refractivity contribution in [3.05, 3.63) is 18.7 Å². The first-order valence-corrected chi connectivity index (χ1v) is 5.50. The summed E-state index contributed by atoms with van der Waals surface area (Å²) < 4.78 is 1.84. The summed E-state index contributed by atoms with van der Waals surface area (Å²) in [5, 5.41) is 11.1. The first-order chi connectivity index (χ1) is 7.92. The van der Waals surface area contributed by atoms with E-state index in [1.54, 1.807) is 12.5 Å². The van der Waals surface area contributed by atoms with Gasteiger partial charge in [-0.25, -0.2) is 4.98 Å². The van der Waals surface area contributed by atoms with Crippen molar-refractivity contribution in [2.75, 3.05) is 18.4 Å². The fraction of sp³-hybridized carbons (Fsp3) is 0.500. The lowest BCUT2D eigenvalue weighted by Crippen LogP contribution is -2.06. The molecule has 0 atom stereocenters. The second kappa shape index (κ2) is 5.41. The fourth-order valence-electron chi connectivity index (χ4n) is 1.54. The fourth-order valence-corrected chi connectivity index (χ4v) is 1.54. The Balaban J connectivity index is 1.91. The first kappa shape index (κ1) is 10.8. The van der Waals surface area contributed by atoms with Gasteiger partial charge in [0, 0.05) is 18.9 Å². The van der Waals surface area contributed by atoms with Gasteiger partial charge in [0.25, 0.3) is 0 Å². The van der Waals surface area contributed by atoms with E-state index in [9.17, 15) is 0 Å². The molecule has 0 radical (unpaired) electrons. The van der Waals surface area contributed by atoms with Gasteiger partial charge in [0.2, 0.25) is 5.65 Å². The van der Waals surface area contributed by atoms with Crippen LogP contribution in [0, 0.1) is 0 Å². The topological polar surface area (TPSA) is 81.1 Å². The van der Waals surface area contributed by atoms with Crippen LogP contribution in [0.1, 0.15) is 19.3 Å². The molecule has 0 saturated heterocycles. The molecule has 2 aromatic heterocycles. The van der Waals surface area contributed by atoms with Crippen molar-refractivity contribution < 1.29 is 0 Å². The van der Waals surface area contributed by atoms with Crippen molar-refractivity contribution in [3.8, 4) is 0 Å². The zero-order chi connectivity index (χ0) is 11.2. The van der Waals surface area contributed by atoms with Gasteiger partial charge in [0.1, 0.15) is 6.33 Å². The largest absolute Gasteiger partial charge is 0.367 e. The number of fused-ring (bicyclic) bond motifs is 1. The van der Waals surface area contributed by atoms with E-state index in [4.69, 9.17) is 5.73 Å². The molecule has 0 aliphatic carbocycles. The monoisotopic (exact) mass is 220 g/mol. The lowest BCUT2D eigenvalue weighted by Gasteiger charge is -2.05. The van der Waals surface area contributed by atoms with Crippen LogP contribution in [0.25, 0.3) is 5.65 Å². The van der Waals surface area contributed by atoms with Crippen LogP contribution in [0.3, 0.4) is 0 Å². The van der Waals surface area contributed by atoms with Gasteiger partial charge in [0.05, 0.1) is 0 Å². The van der Waals surface area contributed by atoms with Gasteiger partial charge < -0.3 is 11.1 Å². The number of anilines is 1. The van der Waals surface area contributed by atoms with Crippen LogP contribution < -0.4 is 11.1 Å². The summed E-state index contributed by atoms with van der Waals surface area (Å²) in [6.45, 7) is 1.65. The van der Waals surface area contributed by atoms with E-state index in [0.29, 0.717) is 0 Å².